The Morgan fingerprint density at radius 1 is 0.955 bits per heavy atom. The summed E-state index contributed by atoms with van der Waals surface area (Å²) in [4.78, 5) is 25.6. The van der Waals surface area contributed by atoms with Crippen LogP contribution in [0.2, 0.25) is 0 Å². The molecule has 0 rings (SSSR count). The molecule has 1 unspecified atom stereocenters. The van der Waals surface area contributed by atoms with Gasteiger partial charge in [-0.05, 0) is 12.8 Å². The Morgan fingerprint density at radius 2 is 1.50 bits per heavy atom. The lowest BCUT2D eigenvalue weighted by molar-refractivity contribution is -0.208. The van der Waals surface area contributed by atoms with Crippen molar-refractivity contribution in [1.82, 2.24) is 0 Å². The van der Waals surface area contributed by atoms with Crippen molar-refractivity contribution in [3.05, 3.63) is 0 Å². The molecule has 1 atom stereocenters. The van der Waals surface area contributed by atoms with Crippen LogP contribution in [0.1, 0.15) is 51.4 Å². The lowest BCUT2D eigenvalue weighted by Gasteiger charge is -2.09. The minimum absolute atomic E-state index is 0.0412. The van der Waals surface area contributed by atoms with Gasteiger partial charge in [-0.1, -0.05) is 36.4 Å². The highest BCUT2D eigenvalue weighted by Gasteiger charge is 2.20. The van der Waals surface area contributed by atoms with E-state index in [0.29, 0.717) is 19.3 Å². The standard InChI is InChI=1S/C12H22O9S/c13-11(14)9-10(12(15)16)7-5-3-1-2-4-6-8-20-21-22(17,18)19/h10H,1-9H2,(H,13,14)(H,15,16)(H,17,18,19). The fourth-order valence-electron chi connectivity index (χ4n) is 1.88. The van der Waals surface area contributed by atoms with Gasteiger partial charge in [0.2, 0.25) is 0 Å². The highest BCUT2D eigenvalue weighted by atomic mass is 32.3. The minimum Gasteiger partial charge on any atom is -0.481 e. The molecule has 130 valence electrons. The van der Waals surface area contributed by atoms with Gasteiger partial charge < -0.3 is 10.2 Å². The number of aliphatic carboxylic acids is 2. The average Bonchev–Trinajstić information content (AvgIpc) is 2.37. The molecule has 0 aromatic carbocycles. The Kier molecular flexibility index (Phi) is 10.7. The fraction of sp³-hybridized carbons (Fsp3) is 0.833. The van der Waals surface area contributed by atoms with Crippen molar-refractivity contribution >= 4 is 22.3 Å². The van der Waals surface area contributed by atoms with Crippen LogP contribution in [-0.2, 0) is 29.2 Å². The summed E-state index contributed by atoms with van der Waals surface area (Å²) in [5.41, 5.74) is 0. The molecule has 0 aliphatic carbocycles. The molecule has 0 heterocycles. The van der Waals surface area contributed by atoms with Gasteiger partial charge >= 0.3 is 22.3 Å². The maximum absolute atomic E-state index is 10.8. The molecular formula is C12H22O9S. The first kappa shape index (κ1) is 20.8. The molecule has 0 aliphatic rings. The molecule has 0 aromatic rings. The Bertz CT molecular complexity index is 432. The minimum atomic E-state index is -4.56. The molecule has 0 saturated carbocycles. The largest absolute Gasteiger partial charge is 0.481 e. The van der Waals surface area contributed by atoms with Crippen LogP contribution in [0.25, 0.3) is 0 Å². The maximum atomic E-state index is 10.8. The van der Waals surface area contributed by atoms with E-state index in [0.717, 1.165) is 25.7 Å². The predicted molar refractivity (Wildman–Crippen MR) is 74.3 cm³/mol. The molecule has 22 heavy (non-hydrogen) atoms. The van der Waals surface area contributed by atoms with Crippen LogP contribution >= 0.6 is 0 Å². The normalized spacial score (nSPS) is 13.0. The third kappa shape index (κ3) is 13.7. The first-order chi connectivity index (χ1) is 10.2. The molecular weight excluding hydrogens is 320 g/mol. The quantitative estimate of drug-likeness (QED) is 0.185. The number of hydrogen-bond donors (Lipinski definition) is 3. The Labute approximate surface area is 129 Å². The second-order valence-electron chi connectivity index (χ2n) is 4.86. The van der Waals surface area contributed by atoms with Crippen molar-refractivity contribution in [2.45, 2.75) is 51.4 Å². The van der Waals surface area contributed by atoms with Crippen molar-refractivity contribution in [1.29, 1.82) is 0 Å². The van der Waals surface area contributed by atoms with Gasteiger partial charge in [0.15, 0.2) is 0 Å². The van der Waals surface area contributed by atoms with E-state index in [1.165, 1.54) is 0 Å². The van der Waals surface area contributed by atoms with Gasteiger partial charge in [-0.25, -0.2) is 4.89 Å². The molecule has 0 amide bonds. The Morgan fingerprint density at radius 3 is 2.00 bits per heavy atom. The zero-order chi connectivity index (χ0) is 17.0. The molecule has 0 saturated heterocycles. The molecule has 0 aliphatic heterocycles. The van der Waals surface area contributed by atoms with Crippen molar-refractivity contribution in [3.8, 4) is 0 Å². The van der Waals surface area contributed by atoms with E-state index in [4.69, 9.17) is 14.8 Å². The third-order valence-corrected chi connectivity index (χ3v) is 3.20. The summed E-state index contributed by atoms with van der Waals surface area (Å²) in [6, 6.07) is 0. The number of carboxylic acids is 2. The zero-order valence-electron chi connectivity index (χ0n) is 12.1. The maximum Gasteiger partial charge on any atom is 0.424 e. The topological polar surface area (TPSA) is 147 Å². The average molecular weight is 342 g/mol. The van der Waals surface area contributed by atoms with Gasteiger partial charge in [0.1, 0.15) is 0 Å². The van der Waals surface area contributed by atoms with Crippen LogP contribution in [0.15, 0.2) is 0 Å². The first-order valence-electron chi connectivity index (χ1n) is 6.95. The molecule has 0 aromatic heterocycles. The van der Waals surface area contributed by atoms with Crippen molar-refractivity contribution in [3.63, 3.8) is 0 Å². The summed E-state index contributed by atoms with van der Waals surface area (Å²) in [6.45, 7) is 0.0412. The summed E-state index contributed by atoms with van der Waals surface area (Å²) in [5, 5.41) is 17.4. The summed E-state index contributed by atoms with van der Waals surface area (Å²) < 4.78 is 32.2. The van der Waals surface area contributed by atoms with Crippen LogP contribution in [0.4, 0.5) is 0 Å². The predicted octanol–water partition coefficient (Wildman–Crippen LogP) is 1.64. The molecule has 0 radical (unpaired) electrons. The van der Waals surface area contributed by atoms with E-state index in [1.807, 2.05) is 0 Å². The van der Waals surface area contributed by atoms with Crippen LogP contribution in [0.5, 0.6) is 0 Å². The Hall–Kier alpha value is -1.23. The van der Waals surface area contributed by atoms with Gasteiger partial charge in [-0.3, -0.25) is 14.1 Å². The number of carbonyl (C=O) groups is 2. The molecule has 0 fully saturated rings. The monoisotopic (exact) mass is 342 g/mol. The Balaban J connectivity index is 3.49. The number of unbranched alkanes of at least 4 members (excludes halogenated alkanes) is 5. The summed E-state index contributed by atoms with van der Waals surface area (Å²) in [7, 11) is -4.56. The van der Waals surface area contributed by atoms with Gasteiger partial charge in [0.25, 0.3) is 0 Å². The smallest absolute Gasteiger partial charge is 0.424 e. The van der Waals surface area contributed by atoms with E-state index >= 15 is 0 Å². The van der Waals surface area contributed by atoms with Crippen LogP contribution in [0, 0.1) is 5.92 Å². The van der Waals surface area contributed by atoms with Crippen LogP contribution in [-0.4, -0.2) is 41.7 Å². The van der Waals surface area contributed by atoms with E-state index in [9.17, 15) is 18.0 Å². The fourth-order valence-corrected chi connectivity index (χ4v) is 2.07. The first-order valence-corrected chi connectivity index (χ1v) is 8.32. The lowest BCUT2D eigenvalue weighted by Crippen LogP contribution is -2.17. The lowest BCUT2D eigenvalue weighted by atomic mass is 9.97. The molecule has 10 heteroatoms. The second kappa shape index (κ2) is 11.4. The van der Waals surface area contributed by atoms with E-state index in [1.54, 1.807) is 0 Å². The van der Waals surface area contributed by atoms with Crippen molar-refractivity contribution in [2.75, 3.05) is 6.61 Å². The van der Waals surface area contributed by atoms with Crippen molar-refractivity contribution in [2.24, 2.45) is 5.92 Å². The molecule has 0 bridgehead atoms. The van der Waals surface area contributed by atoms with E-state index in [-0.39, 0.29) is 13.0 Å². The SMILES string of the molecule is O=C(O)CC(CCCCCCCCOOS(=O)(=O)O)C(=O)O. The van der Waals surface area contributed by atoms with Gasteiger partial charge in [-0.2, -0.15) is 8.42 Å². The van der Waals surface area contributed by atoms with Crippen LogP contribution < -0.4 is 0 Å². The highest BCUT2D eigenvalue weighted by Crippen LogP contribution is 2.15. The molecule has 9 nitrogen and oxygen atoms in total. The number of hydrogen-bond acceptors (Lipinski definition) is 6. The van der Waals surface area contributed by atoms with Gasteiger partial charge in [-0.15, -0.1) is 0 Å². The third-order valence-electron chi connectivity index (χ3n) is 2.93. The second-order valence-corrected chi connectivity index (χ2v) is 5.85. The van der Waals surface area contributed by atoms with E-state index in [2.05, 4.69) is 9.22 Å². The van der Waals surface area contributed by atoms with Gasteiger partial charge in [0, 0.05) is 0 Å². The van der Waals surface area contributed by atoms with Crippen molar-refractivity contribution < 1.29 is 42.0 Å². The highest BCUT2D eigenvalue weighted by molar-refractivity contribution is 7.80. The molecule has 3 N–H and O–H groups in total. The van der Waals surface area contributed by atoms with Gasteiger partial charge in [0.05, 0.1) is 18.9 Å². The van der Waals surface area contributed by atoms with Crippen LogP contribution in [0.3, 0.4) is 0 Å². The number of carboxylic acid groups (broad SMARTS) is 2. The number of rotatable bonds is 14. The molecule has 0 spiro atoms. The zero-order valence-corrected chi connectivity index (χ0v) is 13.0. The van der Waals surface area contributed by atoms with E-state index < -0.39 is 28.3 Å². The summed E-state index contributed by atoms with van der Waals surface area (Å²) >= 11 is 0. The summed E-state index contributed by atoms with van der Waals surface area (Å²) in [6.07, 6.45) is 4.47. The summed E-state index contributed by atoms with van der Waals surface area (Å²) in [5.74, 6) is -3.04.